The van der Waals surface area contributed by atoms with Crippen LogP contribution in [0, 0.1) is 0 Å². The molecule has 0 aliphatic rings. The third kappa shape index (κ3) is 43.5. The van der Waals surface area contributed by atoms with Crippen molar-refractivity contribution >= 4 is 17.9 Å². The minimum Gasteiger partial charge on any atom is -0.462 e. The van der Waals surface area contributed by atoms with Gasteiger partial charge in [0.15, 0.2) is 6.10 Å². The first-order valence-electron chi connectivity index (χ1n) is 23.2. The molecule has 0 aromatic rings. The van der Waals surface area contributed by atoms with Crippen molar-refractivity contribution < 1.29 is 28.6 Å². The molecule has 0 saturated heterocycles. The van der Waals surface area contributed by atoms with Crippen LogP contribution in [-0.2, 0) is 28.6 Å². The van der Waals surface area contributed by atoms with Gasteiger partial charge in [0.1, 0.15) is 13.2 Å². The van der Waals surface area contributed by atoms with Gasteiger partial charge in [-0.15, -0.1) is 0 Å². The highest BCUT2D eigenvalue weighted by Gasteiger charge is 2.19. The van der Waals surface area contributed by atoms with Gasteiger partial charge in [0, 0.05) is 19.3 Å². The Labute approximate surface area is 356 Å². The molecule has 0 fully saturated rings. The average Bonchev–Trinajstić information content (AvgIpc) is 3.22. The predicted molar refractivity (Wildman–Crippen MR) is 247 cm³/mol. The van der Waals surface area contributed by atoms with E-state index in [9.17, 15) is 14.4 Å². The first-order chi connectivity index (χ1) is 28.5. The average molecular weight is 805 g/mol. The quantitative estimate of drug-likeness (QED) is 0.0266. The van der Waals surface area contributed by atoms with E-state index in [1.165, 1.54) is 64.2 Å². The molecule has 6 heteroatoms. The van der Waals surface area contributed by atoms with Crippen molar-refractivity contribution in [1.82, 2.24) is 0 Å². The van der Waals surface area contributed by atoms with Crippen molar-refractivity contribution in [1.29, 1.82) is 0 Å². The zero-order valence-corrected chi connectivity index (χ0v) is 37.3. The molecule has 0 rings (SSSR count). The summed E-state index contributed by atoms with van der Waals surface area (Å²) >= 11 is 0. The van der Waals surface area contributed by atoms with E-state index in [1.54, 1.807) is 0 Å². The summed E-state index contributed by atoms with van der Waals surface area (Å²) in [6.45, 7) is 6.26. The van der Waals surface area contributed by atoms with Crippen LogP contribution < -0.4 is 0 Å². The second kappa shape index (κ2) is 46.0. The standard InChI is InChI=1S/C52H84O6/c1-4-7-10-13-16-19-21-23-25-27-28-30-33-36-39-42-45-51(54)57-48-49(47-56-50(53)44-41-38-35-32-18-15-12-9-6-3)58-52(55)46-43-40-37-34-31-29-26-24-22-20-17-14-11-8-5-2/h7,9-10,12,16,18-20,22-23,25,28,30,32,36,39,49H,4-6,8,11,13-15,17,21,24,26-27,29,31,33-35,37-38,40-48H2,1-3H3/b10-7-,12-9-,19-16-,22-20-,25-23-,30-28-,32-18-,39-36-. The summed E-state index contributed by atoms with van der Waals surface area (Å²) in [5.74, 6) is -1.05. The van der Waals surface area contributed by atoms with Crippen molar-refractivity contribution in [3.05, 3.63) is 97.2 Å². The van der Waals surface area contributed by atoms with Crippen LogP contribution in [0.4, 0.5) is 0 Å². The maximum absolute atomic E-state index is 12.7. The lowest BCUT2D eigenvalue weighted by Gasteiger charge is -2.18. The molecule has 0 saturated carbocycles. The van der Waals surface area contributed by atoms with E-state index in [1.807, 2.05) is 12.2 Å². The summed E-state index contributed by atoms with van der Waals surface area (Å²) < 4.78 is 16.6. The lowest BCUT2D eigenvalue weighted by atomic mass is 10.1. The largest absolute Gasteiger partial charge is 0.462 e. The molecule has 328 valence electrons. The van der Waals surface area contributed by atoms with Crippen LogP contribution in [0.5, 0.6) is 0 Å². The second-order valence-corrected chi connectivity index (χ2v) is 14.9. The molecule has 0 aliphatic heterocycles. The van der Waals surface area contributed by atoms with Gasteiger partial charge in [-0.2, -0.15) is 0 Å². The molecule has 0 aliphatic carbocycles. The van der Waals surface area contributed by atoms with Gasteiger partial charge in [0.25, 0.3) is 0 Å². The van der Waals surface area contributed by atoms with Crippen LogP contribution in [0.1, 0.15) is 194 Å². The van der Waals surface area contributed by atoms with Crippen molar-refractivity contribution in [2.45, 2.75) is 200 Å². The zero-order valence-electron chi connectivity index (χ0n) is 37.3. The fourth-order valence-electron chi connectivity index (χ4n) is 5.87. The van der Waals surface area contributed by atoms with Crippen LogP contribution >= 0.6 is 0 Å². The fraction of sp³-hybridized carbons (Fsp3) is 0.635. The molecule has 0 heterocycles. The van der Waals surface area contributed by atoms with Crippen LogP contribution in [-0.4, -0.2) is 37.2 Å². The molecular formula is C52H84O6. The topological polar surface area (TPSA) is 78.9 Å². The van der Waals surface area contributed by atoms with Gasteiger partial charge in [0.2, 0.25) is 0 Å². The van der Waals surface area contributed by atoms with Crippen LogP contribution in [0.3, 0.4) is 0 Å². The number of unbranched alkanes of at least 4 members (excludes halogenated alkanes) is 13. The Morgan fingerprint density at radius 2 is 0.707 bits per heavy atom. The van der Waals surface area contributed by atoms with Crippen molar-refractivity contribution in [3.8, 4) is 0 Å². The molecule has 0 radical (unpaired) electrons. The third-order valence-electron chi connectivity index (χ3n) is 9.32. The summed E-state index contributed by atoms with van der Waals surface area (Å²) in [6.07, 6.45) is 59.8. The lowest BCUT2D eigenvalue weighted by molar-refractivity contribution is -0.166. The molecule has 58 heavy (non-hydrogen) atoms. The highest BCUT2D eigenvalue weighted by molar-refractivity contribution is 5.71. The van der Waals surface area contributed by atoms with E-state index < -0.39 is 6.10 Å². The summed E-state index contributed by atoms with van der Waals surface area (Å²) in [7, 11) is 0. The fourth-order valence-corrected chi connectivity index (χ4v) is 5.87. The number of hydrogen-bond donors (Lipinski definition) is 0. The van der Waals surface area contributed by atoms with Crippen molar-refractivity contribution in [2.75, 3.05) is 13.2 Å². The number of carbonyl (C=O) groups excluding carboxylic acids is 3. The number of ether oxygens (including phenoxy) is 3. The maximum Gasteiger partial charge on any atom is 0.306 e. The first kappa shape index (κ1) is 54.3. The number of allylic oxidation sites excluding steroid dienone is 16. The van der Waals surface area contributed by atoms with E-state index in [0.717, 1.165) is 83.5 Å². The van der Waals surface area contributed by atoms with Gasteiger partial charge in [-0.3, -0.25) is 14.4 Å². The molecule has 1 atom stereocenters. The van der Waals surface area contributed by atoms with Gasteiger partial charge in [-0.05, 0) is 103 Å². The smallest absolute Gasteiger partial charge is 0.306 e. The van der Waals surface area contributed by atoms with Crippen LogP contribution in [0.2, 0.25) is 0 Å². The number of hydrogen-bond acceptors (Lipinski definition) is 6. The molecule has 0 N–H and O–H groups in total. The van der Waals surface area contributed by atoms with E-state index in [2.05, 4.69) is 106 Å². The summed E-state index contributed by atoms with van der Waals surface area (Å²) in [5, 5.41) is 0. The van der Waals surface area contributed by atoms with Crippen LogP contribution in [0.25, 0.3) is 0 Å². The highest BCUT2D eigenvalue weighted by atomic mass is 16.6. The second-order valence-electron chi connectivity index (χ2n) is 14.9. The summed E-state index contributed by atoms with van der Waals surface area (Å²) in [5.41, 5.74) is 0. The number of rotatable bonds is 40. The number of carbonyl (C=O) groups is 3. The van der Waals surface area contributed by atoms with E-state index in [-0.39, 0.29) is 37.5 Å². The van der Waals surface area contributed by atoms with Gasteiger partial charge < -0.3 is 14.2 Å². The molecule has 0 bridgehead atoms. The Morgan fingerprint density at radius 3 is 1.21 bits per heavy atom. The Morgan fingerprint density at radius 1 is 0.362 bits per heavy atom. The molecular weight excluding hydrogens is 721 g/mol. The van der Waals surface area contributed by atoms with E-state index >= 15 is 0 Å². The summed E-state index contributed by atoms with van der Waals surface area (Å²) in [4.78, 5) is 37.7. The van der Waals surface area contributed by atoms with Crippen molar-refractivity contribution in [2.24, 2.45) is 0 Å². The lowest BCUT2D eigenvalue weighted by Crippen LogP contribution is -2.30. The SMILES string of the molecule is CC/C=C\C/C=C\C/C=C\C/C=C\C/C=C\CCC(=O)OCC(COC(=O)CCCC/C=C\C/C=C\CC)OC(=O)CCCCCCCCC/C=C\CCCCCC. The monoisotopic (exact) mass is 805 g/mol. The van der Waals surface area contributed by atoms with Gasteiger partial charge in [0.05, 0.1) is 0 Å². The highest BCUT2D eigenvalue weighted by Crippen LogP contribution is 2.12. The number of esters is 3. The maximum atomic E-state index is 12.7. The van der Waals surface area contributed by atoms with E-state index in [4.69, 9.17) is 14.2 Å². The molecule has 0 aromatic heterocycles. The van der Waals surface area contributed by atoms with Gasteiger partial charge in [-0.1, -0.05) is 169 Å². The molecule has 6 nitrogen and oxygen atoms in total. The third-order valence-corrected chi connectivity index (χ3v) is 9.32. The Hall–Kier alpha value is -3.67. The van der Waals surface area contributed by atoms with Gasteiger partial charge >= 0.3 is 17.9 Å². The molecule has 0 amide bonds. The van der Waals surface area contributed by atoms with Crippen molar-refractivity contribution in [3.63, 3.8) is 0 Å². The molecule has 1 unspecified atom stereocenters. The molecule has 0 spiro atoms. The normalized spacial score (nSPS) is 12.9. The Bertz CT molecular complexity index is 1200. The van der Waals surface area contributed by atoms with Crippen LogP contribution in [0.15, 0.2) is 97.2 Å². The predicted octanol–water partition coefficient (Wildman–Crippen LogP) is 15.0. The van der Waals surface area contributed by atoms with Gasteiger partial charge in [-0.25, -0.2) is 0 Å². The minimum absolute atomic E-state index is 0.121. The molecule has 0 aromatic carbocycles. The van der Waals surface area contributed by atoms with E-state index in [0.29, 0.717) is 19.3 Å². The Balaban J connectivity index is 4.51. The first-order valence-corrected chi connectivity index (χ1v) is 23.2. The Kier molecular flexibility index (Phi) is 43.1. The zero-order chi connectivity index (χ0) is 42.3. The minimum atomic E-state index is -0.821. The summed E-state index contributed by atoms with van der Waals surface area (Å²) in [6, 6.07) is 0.